The van der Waals surface area contributed by atoms with E-state index >= 15 is 0 Å². The van der Waals surface area contributed by atoms with Crippen molar-refractivity contribution in [2.24, 2.45) is 0 Å². The molecule has 8 heteroatoms. The first-order chi connectivity index (χ1) is 9.63. The van der Waals surface area contributed by atoms with Gasteiger partial charge >= 0.3 is 0 Å². The zero-order chi connectivity index (χ0) is 14.5. The number of aliphatic hydroxyl groups is 1. The van der Waals surface area contributed by atoms with Crippen LogP contribution in [0.15, 0.2) is 23.4 Å². The monoisotopic (exact) mass is 330 g/mol. The molecule has 0 spiro atoms. The molecule has 106 valence electrons. The van der Waals surface area contributed by atoms with Crippen LogP contribution in [0.3, 0.4) is 0 Å². The predicted octanol–water partition coefficient (Wildman–Crippen LogP) is 3.00. The SMILES string of the molecule is CSc1nnc(CO)c(NCc2ccc(Cl)cc2Cl)n1. The highest BCUT2D eigenvalue weighted by Crippen LogP contribution is 2.22. The highest BCUT2D eigenvalue weighted by Gasteiger charge is 2.09. The van der Waals surface area contributed by atoms with Crippen LogP contribution >= 0.6 is 35.0 Å². The van der Waals surface area contributed by atoms with Gasteiger partial charge in [-0.2, -0.15) is 0 Å². The van der Waals surface area contributed by atoms with Crippen molar-refractivity contribution < 1.29 is 5.11 Å². The van der Waals surface area contributed by atoms with Gasteiger partial charge < -0.3 is 10.4 Å². The number of anilines is 1. The Balaban J connectivity index is 2.17. The molecule has 2 aromatic rings. The second-order valence-electron chi connectivity index (χ2n) is 3.84. The van der Waals surface area contributed by atoms with Gasteiger partial charge in [-0.15, -0.1) is 10.2 Å². The maximum absolute atomic E-state index is 9.24. The minimum Gasteiger partial charge on any atom is -0.390 e. The summed E-state index contributed by atoms with van der Waals surface area (Å²) in [5, 5.41) is 21.8. The van der Waals surface area contributed by atoms with Gasteiger partial charge in [-0.3, -0.25) is 0 Å². The number of rotatable bonds is 5. The third-order valence-electron chi connectivity index (χ3n) is 2.53. The van der Waals surface area contributed by atoms with Crippen molar-refractivity contribution in [3.05, 3.63) is 39.5 Å². The Kier molecular flexibility index (Phi) is 5.42. The minimum atomic E-state index is -0.231. The van der Waals surface area contributed by atoms with Gasteiger partial charge in [0.1, 0.15) is 5.69 Å². The second kappa shape index (κ2) is 7.08. The molecule has 0 atom stereocenters. The van der Waals surface area contributed by atoms with Crippen LogP contribution in [0.5, 0.6) is 0 Å². The standard InChI is InChI=1S/C12H12Cl2N4OS/c1-20-12-16-11(10(6-19)17-18-12)15-5-7-2-3-8(13)4-9(7)14/h2-4,19H,5-6H2,1H3,(H,15,16,18). The van der Waals surface area contributed by atoms with E-state index in [1.54, 1.807) is 12.1 Å². The molecule has 0 saturated heterocycles. The Morgan fingerprint density at radius 1 is 1.30 bits per heavy atom. The summed E-state index contributed by atoms with van der Waals surface area (Å²) in [6.45, 7) is 0.223. The summed E-state index contributed by atoms with van der Waals surface area (Å²) in [6.07, 6.45) is 1.86. The van der Waals surface area contributed by atoms with Gasteiger partial charge in [0, 0.05) is 16.6 Å². The smallest absolute Gasteiger partial charge is 0.210 e. The summed E-state index contributed by atoms with van der Waals surface area (Å²) in [4.78, 5) is 4.27. The van der Waals surface area contributed by atoms with Crippen LogP contribution in [0.1, 0.15) is 11.3 Å². The fourth-order valence-corrected chi connectivity index (χ4v) is 2.29. The Labute approximate surface area is 130 Å². The normalized spacial score (nSPS) is 10.6. The van der Waals surface area contributed by atoms with Crippen LogP contribution in [0.2, 0.25) is 10.0 Å². The molecule has 0 aliphatic rings. The molecule has 0 saturated carbocycles. The Morgan fingerprint density at radius 3 is 2.75 bits per heavy atom. The molecule has 0 bridgehead atoms. The molecule has 1 aromatic carbocycles. The molecule has 0 amide bonds. The maximum Gasteiger partial charge on any atom is 0.210 e. The van der Waals surface area contributed by atoms with Gasteiger partial charge in [0.2, 0.25) is 5.16 Å². The Morgan fingerprint density at radius 2 is 2.10 bits per heavy atom. The quantitative estimate of drug-likeness (QED) is 0.821. The largest absolute Gasteiger partial charge is 0.390 e. The van der Waals surface area contributed by atoms with E-state index in [1.165, 1.54) is 11.8 Å². The van der Waals surface area contributed by atoms with E-state index in [9.17, 15) is 5.11 Å². The number of aromatic nitrogens is 3. The number of hydrogen-bond acceptors (Lipinski definition) is 6. The lowest BCUT2D eigenvalue weighted by Crippen LogP contribution is -2.09. The first kappa shape index (κ1) is 15.3. The van der Waals surface area contributed by atoms with Crippen LogP contribution in [0, 0.1) is 0 Å². The zero-order valence-electron chi connectivity index (χ0n) is 10.6. The van der Waals surface area contributed by atoms with E-state index in [2.05, 4.69) is 20.5 Å². The third kappa shape index (κ3) is 3.73. The van der Waals surface area contributed by atoms with Gasteiger partial charge in [0.15, 0.2) is 5.82 Å². The van der Waals surface area contributed by atoms with Crippen LogP contribution < -0.4 is 5.32 Å². The van der Waals surface area contributed by atoms with Crippen LogP contribution in [0.25, 0.3) is 0 Å². The number of nitrogens with one attached hydrogen (secondary N) is 1. The molecule has 0 aliphatic carbocycles. The summed E-state index contributed by atoms with van der Waals surface area (Å²) < 4.78 is 0. The zero-order valence-corrected chi connectivity index (χ0v) is 12.9. The highest BCUT2D eigenvalue weighted by atomic mass is 35.5. The maximum atomic E-state index is 9.24. The summed E-state index contributed by atoms with van der Waals surface area (Å²) in [5.41, 5.74) is 1.28. The molecule has 1 heterocycles. The first-order valence-corrected chi connectivity index (χ1v) is 7.68. The molecule has 0 aliphatic heterocycles. The van der Waals surface area contributed by atoms with Crippen molar-refractivity contribution in [3.8, 4) is 0 Å². The van der Waals surface area contributed by atoms with Crippen molar-refractivity contribution >= 4 is 40.8 Å². The van der Waals surface area contributed by atoms with Crippen molar-refractivity contribution in [1.29, 1.82) is 0 Å². The average molecular weight is 331 g/mol. The molecular weight excluding hydrogens is 319 g/mol. The number of hydrogen-bond donors (Lipinski definition) is 2. The van der Waals surface area contributed by atoms with Crippen molar-refractivity contribution in [2.45, 2.75) is 18.3 Å². The molecule has 1 aromatic heterocycles. The summed E-state index contributed by atoms with van der Waals surface area (Å²) in [6, 6.07) is 5.28. The van der Waals surface area contributed by atoms with Crippen molar-refractivity contribution in [2.75, 3.05) is 11.6 Å². The molecule has 2 N–H and O–H groups in total. The van der Waals surface area contributed by atoms with Crippen molar-refractivity contribution in [3.63, 3.8) is 0 Å². The van der Waals surface area contributed by atoms with Gasteiger partial charge in [0.05, 0.1) is 6.61 Å². The van der Waals surface area contributed by atoms with E-state index < -0.39 is 0 Å². The number of thioether (sulfide) groups is 1. The topological polar surface area (TPSA) is 70.9 Å². The van der Waals surface area contributed by atoms with Crippen molar-refractivity contribution in [1.82, 2.24) is 15.2 Å². The highest BCUT2D eigenvalue weighted by molar-refractivity contribution is 7.98. The number of benzene rings is 1. The molecule has 0 unspecified atom stereocenters. The van der Waals surface area contributed by atoms with Crippen LogP contribution in [0.4, 0.5) is 5.82 Å². The molecular formula is C12H12Cl2N4OS. The van der Waals surface area contributed by atoms with Gasteiger partial charge in [-0.25, -0.2) is 4.98 Å². The Hall–Kier alpha value is -1.08. The first-order valence-electron chi connectivity index (χ1n) is 5.70. The lowest BCUT2D eigenvalue weighted by molar-refractivity contribution is 0.275. The molecule has 5 nitrogen and oxygen atoms in total. The van der Waals surface area contributed by atoms with Gasteiger partial charge in [-0.05, 0) is 24.0 Å². The lowest BCUT2D eigenvalue weighted by atomic mass is 10.2. The minimum absolute atomic E-state index is 0.231. The van der Waals surface area contributed by atoms with Crippen LogP contribution in [-0.2, 0) is 13.2 Å². The predicted molar refractivity (Wildman–Crippen MR) is 81.3 cm³/mol. The van der Waals surface area contributed by atoms with E-state index in [1.807, 2.05) is 12.3 Å². The van der Waals surface area contributed by atoms with E-state index in [-0.39, 0.29) is 6.61 Å². The second-order valence-corrected chi connectivity index (χ2v) is 5.46. The average Bonchev–Trinajstić information content (AvgIpc) is 2.46. The van der Waals surface area contributed by atoms with Crippen LogP contribution in [-0.4, -0.2) is 26.5 Å². The molecule has 0 fully saturated rings. The summed E-state index contributed by atoms with van der Waals surface area (Å²) in [5.74, 6) is 0.498. The fourth-order valence-electron chi connectivity index (χ4n) is 1.51. The van der Waals surface area contributed by atoms with E-state index in [4.69, 9.17) is 23.2 Å². The number of nitrogens with zero attached hydrogens (tertiary/aromatic N) is 3. The number of aliphatic hydroxyl groups excluding tert-OH is 1. The summed E-state index contributed by atoms with van der Waals surface area (Å²) in [7, 11) is 0. The molecule has 0 radical (unpaired) electrons. The fraction of sp³-hybridized carbons (Fsp3) is 0.250. The van der Waals surface area contributed by atoms with Gasteiger partial charge in [0.25, 0.3) is 0 Å². The number of halogens is 2. The van der Waals surface area contributed by atoms with Gasteiger partial charge in [-0.1, -0.05) is 41.0 Å². The van der Waals surface area contributed by atoms with E-state index in [0.29, 0.717) is 33.3 Å². The summed E-state index contributed by atoms with van der Waals surface area (Å²) >= 11 is 13.3. The Bertz CT molecular complexity index is 612. The van der Waals surface area contributed by atoms with E-state index in [0.717, 1.165) is 5.56 Å². The molecule has 2 rings (SSSR count). The molecule has 20 heavy (non-hydrogen) atoms. The third-order valence-corrected chi connectivity index (χ3v) is 3.66. The lowest BCUT2D eigenvalue weighted by Gasteiger charge is -2.10.